The second kappa shape index (κ2) is 7.39. The lowest BCUT2D eigenvalue weighted by atomic mass is 10.1. The maximum absolute atomic E-state index is 12.5. The van der Waals surface area contributed by atoms with Crippen LogP contribution in [0.25, 0.3) is 0 Å². The third-order valence-electron chi connectivity index (χ3n) is 5.36. The summed E-state index contributed by atoms with van der Waals surface area (Å²) in [4.78, 5) is 30.8. The van der Waals surface area contributed by atoms with Crippen LogP contribution >= 0.6 is 0 Å². The molecule has 1 N–H and O–H groups in total. The minimum absolute atomic E-state index is 0.0127. The van der Waals surface area contributed by atoms with Gasteiger partial charge in [0.05, 0.1) is 13.0 Å². The van der Waals surface area contributed by atoms with E-state index in [9.17, 15) is 9.59 Å². The molecule has 1 aliphatic heterocycles. The number of hydrogen-bond donors (Lipinski definition) is 1. The van der Waals surface area contributed by atoms with Gasteiger partial charge in [0.15, 0.2) is 0 Å². The van der Waals surface area contributed by atoms with Crippen molar-refractivity contribution in [2.75, 3.05) is 18.6 Å². The molecule has 1 atom stereocenters. The van der Waals surface area contributed by atoms with Crippen LogP contribution in [0.4, 0.5) is 5.69 Å². The number of nitrogens with zero attached hydrogens (tertiary/aromatic N) is 2. The Morgan fingerprint density at radius 2 is 2.11 bits per heavy atom. The van der Waals surface area contributed by atoms with Gasteiger partial charge in [0.25, 0.3) is 0 Å². The molecule has 2 aliphatic rings. The van der Waals surface area contributed by atoms with Crippen LogP contribution < -0.4 is 15.0 Å². The molecule has 2 heterocycles. The van der Waals surface area contributed by atoms with Crippen LogP contribution in [0.1, 0.15) is 29.5 Å². The van der Waals surface area contributed by atoms with Crippen molar-refractivity contribution in [2.45, 2.75) is 32.2 Å². The molecule has 140 valence electrons. The first kappa shape index (κ1) is 17.5. The van der Waals surface area contributed by atoms with Crippen LogP contribution in [0.3, 0.4) is 0 Å². The number of aromatic nitrogens is 1. The van der Waals surface area contributed by atoms with E-state index >= 15 is 0 Å². The number of nitrogens with one attached hydrogen (secondary N) is 1. The van der Waals surface area contributed by atoms with Gasteiger partial charge in [0, 0.05) is 37.5 Å². The predicted octanol–water partition coefficient (Wildman–Crippen LogP) is 2.25. The van der Waals surface area contributed by atoms with Crippen molar-refractivity contribution in [3.05, 3.63) is 53.2 Å². The highest BCUT2D eigenvalue weighted by Crippen LogP contribution is 2.30. The molecule has 0 bridgehead atoms. The Hall–Kier alpha value is -2.89. The molecule has 27 heavy (non-hydrogen) atoms. The first-order valence-electron chi connectivity index (χ1n) is 9.33. The Bertz CT molecular complexity index is 881. The van der Waals surface area contributed by atoms with E-state index in [1.807, 2.05) is 12.1 Å². The maximum Gasteiger partial charge on any atom is 0.227 e. The van der Waals surface area contributed by atoms with Crippen LogP contribution in [0.15, 0.2) is 36.5 Å². The summed E-state index contributed by atoms with van der Waals surface area (Å²) in [5.41, 5.74) is 4.54. The molecular weight excluding hydrogens is 342 g/mol. The predicted molar refractivity (Wildman–Crippen MR) is 102 cm³/mol. The number of pyridine rings is 1. The molecule has 6 heteroatoms. The minimum atomic E-state index is -0.325. The molecule has 1 saturated heterocycles. The highest BCUT2D eigenvalue weighted by atomic mass is 16.5. The van der Waals surface area contributed by atoms with Crippen LogP contribution in [0, 0.1) is 5.92 Å². The van der Waals surface area contributed by atoms with Gasteiger partial charge in [-0.15, -0.1) is 0 Å². The van der Waals surface area contributed by atoms with Crippen molar-refractivity contribution < 1.29 is 14.3 Å². The zero-order valence-corrected chi connectivity index (χ0v) is 15.4. The van der Waals surface area contributed by atoms with Gasteiger partial charge in [-0.1, -0.05) is 6.07 Å². The average Bonchev–Trinajstić information content (AvgIpc) is 3.32. The summed E-state index contributed by atoms with van der Waals surface area (Å²) in [5, 5.41) is 2.93. The van der Waals surface area contributed by atoms with E-state index in [4.69, 9.17) is 4.74 Å². The number of aryl methyl sites for hydroxylation is 2. The molecule has 1 aromatic carbocycles. The molecule has 1 fully saturated rings. The van der Waals surface area contributed by atoms with Crippen molar-refractivity contribution in [2.24, 2.45) is 5.92 Å². The van der Waals surface area contributed by atoms with E-state index in [1.165, 1.54) is 17.5 Å². The van der Waals surface area contributed by atoms with Gasteiger partial charge in [-0.05, 0) is 54.2 Å². The first-order valence-corrected chi connectivity index (χ1v) is 9.33. The quantitative estimate of drug-likeness (QED) is 0.882. The molecule has 0 saturated carbocycles. The fraction of sp³-hybridized carbons (Fsp3) is 0.381. The highest BCUT2D eigenvalue weighted by Gasteiger charge is 2.35. The van der Waals surface area contributed by atoms with Crippen LogP contribution in [0.2, 0.25) is 0 Å². The third kappa shape index (κ3) is 3.65. The number of carbonyl (C=O) groups is 2. The van der Waals surface area contributed by atoms with Crippen LogP contribution in [-0.2, 0) is 29.0 Å². The van der Waals surface area contributed by atoms with E-state index in [0.717, 1.165) is 24.1 Å². The summed E-state index contributed by atoms with van der Waals surface area (Å²) in [6.45, 7) is 0.824. The number of fused-ring (bicyclic) bond motifs is 1. The fourth-order valence-corrected chi connectivity index (χ4v) is 3.86. The summed E-state index contributed by atoms with van der Waals surface area (Å²) < 4.78 is 5.10. The molecule has 6 nitrogen and oxygen atoms in total. The number of rotatable bonds is 5. The zero-order valence-electron chi connectivity index (χ0n) is 15.4. The average molecular weight is 365 g/mol. The van der Waals surface area contributed by atoms with Gasteiger partial charge in [-0.25, -0.2) is 4.98 Å². The van der Waals surface area contributed by atoms with E-state index in [2.05, 4.69) is 22.4 Å². The summed E-state index contributed by atoms with van der Waals surface area (Å²) in [6, 6.07) is 9.86. The summed E-state index contributed by atoms with van der Waals surface area (Å²) >= 11 is 0. The number of hydrogen-bond acceptors (Lipinski definition) is 4. The zero-order chi connectivity index (χ0) is 18.8. The van der Waals surface area contributed by atoms with Crippen molar-refractivity contribution >= 4 is 17.5 Å². The molecule has 4 rings (SSSR count). The number of ether oxygens (including phenoxy) is 1. The minimum Gasteiger partial charge on any atom is -0.481 e. The lowest BCUT2D eigenvalue weighted by Crippen LogP contribution is -2.32. The van der Waals surface area contributed by atoms with Gasteiger partial charge >= 0.3 is 0 Å². The van der Waals surface area contributed by atoms with E-state index in [-0.39, 0.29) is 24.2 Å². The maximum atomic E-state index is 12.5. The second-order valence-corrected chi connectivity index (χ2v) is 7.14. The first-order chi connectivity index (χ1) is 13.1. The fourth-order valence-electron chi connectivity index (χ4n) is 3.86. The lowest BCUT2D eigenvalue weighted by Gasteiger charge is -2.18. The molecular formula is C21H23N3O3. The number of anilines is 1. The number of amides is 2. The third-order valence-corrected chi connectivity index (χ3v) is 5.36. The highest BCUT2D eigenvalue weighted by molar-refractivity contribution is 6.00. The van der Waals surface area contributed by atoms with Crippen molar-refractivity contribution in [1.29, 1.82) is 0 Å². The molecule has 2 aromatic rings. The molecule has 0 radical (unpaired) electrons. The van der Waals surface area contributed by atoms with E-state index in [0.29, 0.717) is 19.0 Å². The van der Waals surface area contributed by atoms with Crippen LogP contribution in [-0.4, -0.2) is 30.5 Å². The largest absolute Gasteiger partial charge is 0.481 e. The Balaban J connectivity index is 1.39. The van der Waals surface area contributed by atoms with Crippen molar-refractivity contribution in [3.8, 4) is 5.88 Å². The van der Waals surface area contributed by atoms with E-state index in [1.54, 1.807) is 24.3 Å². The van der Waals surface area contributed by atoms with Gasteiger partial charge in [-0.2, -0.15) is 0 Å². The molecule has 0 unspecified atom stereocenters. The van der Waals surface area contributed by atoms with Crippen LogP contribution in [0.5, 0.6) is 5.88 Å². The Morgan fingerprint density at radius 1 is 1.26 bits per heavy atom. The number of methoxy groups -OCH3 is 1. The summed E-state index contributed by atoms with van der Waals surface area (Å²) in [5.74, 6) is 0.108. The lowest BCUT2D eigenvalue weighted by molar-refractivity contribution is -0.126. The normalized spacial score (nSPS) is 18.5. The summed E-state index contributed by atoms with van der Waals surface area (Å²) in [6.07, 6.45) is 5.27. The molecule has 1 aliphatic carbocycles. The smallest absolute Gasteiger partial charge is 0.227 e. The number of benzene rings is 1. The Labute approximate surface area is 158 Å². The van der Waals surface area contributed by atoms with Crippen molar-refractivity contribution in [3.63, 3.8) is 0 Å². The monoisotopic (exact) mass is 365 g/mol. The van der Waals surface area contributed by atoms with Crippen molar-refractivity contribution in [1.82, 2.24) is 10.3 Å². The Morgan fingerprint density at radius 3 is 2.96 bits per heavy atom. The number of carbonyl (C=O) groups excluding carboxylic acids is 2. The standard InChI is InChI=1S/C21H23N3O3/c1-27-19-9-14(7-8-22-19)12-23-21(26)17-11-20(25)24(13-17)18-6-5-15-3-2-4-16(15)10-18/h5-10,17H,2-4,11-13H2,1H3,(H,23,26)/t17-/m0/s1. The molecule has 0 spiro atoms. The van der Waals surface area contributed by atoms with Gasteiger partial charge < -0.3 is 15.0 Å². The summed E-state index contributed by atoms with van der Waals surface area (Å²) in [7, 11) is 1.56. The van der Waals surface area contributed by atoms with Gasteiger partial charge in [0.1, 0.15) is 0 Å². The van der Waals surface area contributed by atoms with Gasteiger partial charge in [-0.3, -0.25) is 9.59 Å². The van der Waals surface area contributed by atoms with Gasteiger partial charge in [0.2, 0.25) is 17.7 Å². The van der Waals surface area contributed by atoms with E-state index < -0.39 is 0 Å². The molecule has 2 amide bonds. The SMILES string of the molecule is COc1cc(CNC(=O)[C@H]2CC(=O)N(c3ccc4c(c3)CCC4)C2)ccn1. The topological polar surface area (TPSA) is 71.5 Å². The second-order valence-electron chi connectivity index (χ2n) is 7.14. The Kier molecular flexibility index (Phi) is 4.79. The molecule has 1 aromatic heterocycles.